The van der Waals surface area contributed by atoms with E-state index in [-0.39, 0.29) is 11.6 Å². The Morgan fingerprint density at radius 3 is 2.25 bits per heavy atom. The van der Waals surface area contributed by atoms with Gasteiger partial charge in [-0.15, -0.1) is 11.6 Å². The van der Waals surface area contributed by atoms with E-state index >= 15 is 0 Å². The molecule has 8 heavy (non-hydrogen) atoms. The van der Waals surface area contributed by atoms with Crippen LogP contribution in [0.5, 0.6) is 0 Å². The van der Waals surface area contributed by atoms with Crippen molar-refractivity contribution in [2.75, 3.05) is 11.6 Å². The van der Waals surface area contributed by atoms with Crippen molar-refractivity contribution >= 4 is 21.6 Å². The quantitative estimate of drug-likeness (QED) is 0.315. The van der Waals surface area contributed by atoms with E-state index in [0.29, 0.717) is 0 Å². The second kappa shape index (κ2) is 3.24. The molecule has 0 aliphatic carbocycles. The number of hydrazine groups is 1. The summed E-state index contributed by atoms with van der Waals surface area (Å²) in [6.07, 6.45) is 0. The molecule has 0 aliphatic rings. The maximum absolute atomic E-state index is 10.3. The highest BCUT2D eigenvalue weighted by Gasteiger charge is 2.03. The molecule has 50 valence electrons. The molecule has 0 aromatic heterocycles. The molecule has 3 N–H and O–H groups in total. The van der Waals surface area contributed by atoms with Gasteiger partial charge in [0.25, 0.3) is 0 Å². The maximum Gasteiger partial charge on any atom is 0.225 e. The average molecular weight is 159 g/mol. The summed E-state index contributed by atoms with van der Waals surface area (Å²) in [4.78, 5) is 1.63. The molecule has 0 saturated carbocycles. The summed E-state index contributed by atoms with van der Waals surface area (Å²) in [5, 5.41) is 0. The van der Waals surface area contributed by atoms with Crippen molar-refractivity contribution in [2.45, 2.75) is 0 Å². The summed E-state index contributed by atoms with van der Waals surface area (Å²) < 4.78 is 20.6. The second-order valence-electron chi connectivity index (χ2n) is 1.13. The van der Waals surface area contributed by atoms with E-state index < -0.39 is 10.0 Å². The van der Waals surface area contributed by atoms with E-state index in [4.69, 9.17) is 11.6 Å². The minimum Gasteiger partial charge on any atom is -0.258 e. The first-order valence-electron chi connectivity index (χ1n) is 1.88. The van der Waals surface area contributed by atoms with Crippen molar-refractivity contribution in [1.82, 2.24) is 4.83 Å². The number of nitrogens with one attached hydrogen (secondary N) is 1. The molecule has 4 nitrogen and oxygen atoms in total. The number of rotatable bonds is 3. The first kappa shape index (κ1) is 8.16. The maximum atomic E-state index is 10.3. The van der Waals surface area contributed by atoms with Gasteiger partial charge in [0.05, 0.1) is 5.75 Å². The van der Waals surface area contributed by atoms with Crippen LogP contribution in [-0.2, 0) is 10.0 Å². The fourth-order valence-electron chi connectivity index (χ4n) is 0.160. The van der Waals surface area contributed by atoms with Gasteiger partial charge in [-0.3, -0.25) is 5.84 Å². The fourth-order valence-corrected chi connectivity index (χ4v) is 1.09. The zero-order valence-electron chi connectivity index (χ0n) is 4.09. The summed E-state index contributed by atoms with van der Waals surface area (Å²) >= 11 is 5.09. The summed E-state index contributed by atoms with van der Waals surface area (Å²) in [6.45, 7) is 0. The Kier molecular flexibility index (Phi) is 3.30. The second-order valence-corrected chi connectivity index (χ2v) is 3.38. The van der Waals surface area contributed by atoms with E-state index in [0.717, 1.165) is 0 Å². The van der Waals surface area contributed by atoms with E-state index in [1.165, 1.54) is 0 Å². The molecule has 0 rings (SSSR count). The van der Waals surface area contributed by atoms with Crippen molar-refractivity contribution in [3.8, 4) is 0 Å². The van der Waals surface area contributed by atoms with Gasteiger partial charge in [-0.1, -0.05) is 0 Å². The molecule has 0 heterocycles. The Morgan fingerprint density at radius 2 is 2.12 bits per heavy atom. The number of hydrogen-bond donors (Lipinski definition) is 2. The highest BCUT2D eigenvalue weighted by Crippen LogP contribution is 1.82. The summed E-state index contributed by atoms with van der Waals surface area (Å²) in [7, 11) is -3.27. The number of alkyl halides is 1. The predicted molar refractivity (Wildman–Crippen MR) is 31.8 cm³/mol. The lowest BCUT2D eigenvalue weighted by Gasteiger charge is -1.94. The Balaban J connectivity index is 3.76. The van der Waals surface area contributed by atoms with Crippen LogP contribution in [0.3, 0.4) is 0 Å². The lowest BCUT2D eigenvalue weighted by molar-refractivity contribution is 0.585. The van der Waals surface area contributed by atoms with E-state index in [9.17, 15) is 8.42 Å². The fraction of sp³-hybridized carbons (Fsp3) is 1.00. The average Bonchev–Trinajstić information content (AvgIpc) is 1.67. The molecule has 0 amide bonds. The number of nitrogens with two attached hydrogens (primary N) is 1. The molecule has 0 fully saturated rings. The van der Waals surface area contributed by atoms with Gasteiger partial charge >= 0.3 is 0 Å². The van der Waals surface area contributed by atoms with Crippen molar-refractivity contribution < 1.29 is 8.42 Å². The monoisotopic (exact) mass is 158 g/mol. The Hall–Kier alpha value is 0.160. The number of sulfonamides is 1. The van der Waals surface area contributed by atoms with Crippen LogP contribution in [0.15, 0.2) is 0 Å². The Labute approximate surface area is 53.0 Å². The van der Waals surface area contributed by atoms with Gasteiger partial charge in [0.15, 0.2) is 0 Å². The highest BCUT2D eigenvalue weighted by molar-refractivity contribution is 7.89. The Bertz CT molecular complexity index is 142. The molecular weight excluding hydrogens is 152 g/mol. The molecule has 0 spiro atoms. The van der Waals surface area contributed by atoms with Crippen LogP contribution in [0, 0.1) is 0 Å². The highest BCUT2D eigenvalue weighted by atomic mass is 35.5. The minimum absolute atomic E-state index is 0.0620. The third-order valence-corrected chi connectivity index (χ3v) is 2.04. The zero-order chi connectivity index (χ0) is 6.62. The summed E-state index contributed by atoms with van der Waals surface area (Å²) in [6, 6.07) is 0. The smallest absolute Gasteiger partial charge is 0.225 e. The number of hydrogen-bond acceptors (Lipinski definition) is 3. The van der Waals surface area contributed by atoms with E-state index in [1.807, 2.05) is 0 Å². The first-order chi connectivity index (χ1) is 3.62. The molecule has 0 atom stereocenters. The van der Waals surface area contributed by atoms with Crippen LogP contribution >= 0.6 is 11.6 Å². The third kappa shape index (κ3) is 3.20. The van der Waals surface area contributed by atoms with Crippen LogP contribution < -0.4 is 10.7 Å². The molecule has 0 aliphatic heterocycles. The minimum atomic E-state index is -3.27. The van der Waals surface area contributed by atoms with Crippen molar-refractivity contribution in [2.24, 2.45) is 5.84 Å². The van der Waals surface area contributed by atoms with Gasteiger partial charge < -0.3 is 0 Å². The van der Waals surface area contributed by atoms with Gasteiger partial charge in [0, 0.05) is 5.88 Å². The largest absolute Gasteiger partial charge is 0.258 e. The molecular formula is C2H7ClN2O2S. The van der Waals surface area contributed by atoms with Crippen molar-refractivity contribution in [3.05, 3.63) is 0 Å². The van der Waals surface area contributed by atoms with E-state index in [2.05, 4.69) is 5.84 Å². The van der Waals surface area contributed by atoms with E-state index in [1.54, 1.807) is 4.83 Å². The van der Waals surface area contributed by atoms with Crippen molar-refractivity contribution in [3.63, 3.8) is 0 Å². The molecule has 0 radical (unpaired) electrons. The van der Waals surface area contributed by atoms with Crippen LogP contribution in [0.25, 0.3) is 0 Å². The van der Waals surface area contributed by atoms with Gasteiger partial charge in [-0.25, -0.2) is 8.42 Å². The SMILES string of the molecule is NNS(=O)(=O)CCCl. The molecule has 6 heteroatoms. The van der Waals surface area contributed by atoms with Crippen LogP contribution in [0.2, 0.25) is 0 Å². The van der Waals surface area contributed by atoms with Crippen LogP contribution in [-0.4, -0.2) is 20.1 Å². The summed E-state index contributed by atoms with van der Waals surface area (Å²) in [5.41, 5.74) is 0. The zero-order valence-corrected chi connectivity index (χ0v) is 5.67. The standard InChI is InChI=1S/C2H7ClN2O2S/c3-1-2-8(6,7)5-4/h5H,1-2,4H2. The van der Waals surface area contributed by atoms with Gasteiger partial charge in [0.1, 0.15) is 0 Å². The molecule has 0 aromatic rings. The molecule has 0 unspecified atom stereocenters. The predicted octanol–water partition coefficient (Wildman–Crippen LogP) is -0.982. The molecule has 0 aromatic carbocycles. The Morgan fingerprint density at radius 1 is 1.62 bits per heavy atom. The number of halogens is 1. The summed E-state index contributed by atoms with van der Waals surface area (Å²) in [5.74, 6) is 4.52. The lowest BCUT2D eigenvalue weighted by atomic mass is 11.0. The lowest BCUT2D eigenvalue weighted by Crippen LogP contribution is -2.32. The van der Waals surface area contributed by atoms with Gasteiger partial charge in [-0.05, 0) is 0 Å². The van der Waals surface area contributed by atoms with Crippen molar-refractivity contribution in [1.29, 1.82) is 0 Å². The van der Waals surface area contributed by atoms with Crippen LogP contribution in [0.4, 0.5) is 0 Å². The first-order valence-corrected chi connectivity index (χ1v) is 4.07. The topological polar surface area (TPSA) is 72.2 Å². The third-order valence-electron chi connectivity index (χ3n) is 0.525. The van der Waals surface area contributed by atoms with Gasteiger partial charge in [-0.2, -0.15) is 4.83 Å². The normalized spacial score (nSPS) is 11.8. The van der Waals surface area contributed by atoms with Gasteiger partial charge in [0.2, 0.25) is 10.0 Å². The molecule has 0 bridgehead atoms. The van der Waals surface area contributed by atoms with Crippen LogP contribution in [0.1, 0.15) is 0 Å². The molecule has 0 saturated heterocycles.